The van der Waals surface area contributed by atoms with Crippen LogP contribution in [0.3, 0.4) is 0 Å². The van der Waals surface area contributed by atoms with Gasteiger partial charge in [-0.1, -0.05) is 121 Å². The number of benzene rings is 4. The molecule has 0 N–H and O–H groups in total. The first-order chi connectivity index (χ1) is 15.1. The van der Waals surface area contributed by atoms with Crippen molar-refractivity contribution < 1.29 is 16.5 Å². The first kappa shape index (κ1) is 25.4. The first-order valence-electron chi connectivity index (χ1n) is 10.2. The molecule has 4 aromatic carbocycles. The Hall–Kier alpha value is -1.19. The average Bonchev–Trinajstić information content (AvgIpc) is 2.81. The zero-order valence-corrected chi connectivity index (χ0v) is 21.9. The minimum Gasteiger partial charge on any atom is -0.101 e. The van der Waals surface area contributed by atoms with Crippen LogP contribution in [0.4, 0.5) is 0 Å². The molecule has 0 fully saturated rings. The third-order valence-corrected chi connectivity index (χ3v) is 12.9. The molecule has 0 saturated carbocycles. The number of rotatable bonds is 7. The molecule has 32 heavy (non-hydrogen) atoms. The van der Waals surface area contributed by atoms with Crippen molar-refractivity contribution in [2.45, 2.75) is 16.7 Å². The minimum absolute atomic E-state index is 0. The van der Waals surface area contributed by atoms with Gasteiger partial charge in [-0.3, -0.25) is 0 Å². The van der Waals surface area contributed by atoms with Gasteiger partial charge < -0.3 is 0 Å². The molecule has 0 radical (unpaired) electrons. The molecule has 0 aliphatic rings. The first-order valence-corrected chi connectivity index (χ1v) is 13.8. The van der Waals surface area contributed by atoms with E-state index in [0.717, 1.165) is 0 Å². The van der Waals surface area contributed by atoms with Gasteiger partial charge in [0.1, 0.15) is 4.33 Å². The maximum absolute atomic E-state index is 7.09. The molecular weight excluding hydrogens is 516 g/mol. The van der Waals surface area contributed by atoms with E-state index in [9.17, 15) is 0 Å². The standard InChI is InChI=1S/C27H24Cl2P2.Ni/c1-27(28,29)26(30(22-14-6-2-7-15-22)23-16-8-3-9-17-23)31(24-18-10-4-11-19-24)25-20-12-5-13-21-25;/h2-21,26H,1H3;. The van der Waals surface area contributed by atoms with Gasteiger partial charge in [0.15, 0.2) is 0 Å². The summed E-state index contributed by atoms with van der Waals surface area (Å²) in [5.41, 5.74) is 0. The SMILES string of the molecule is CC(Cl)(Cl)C(P(c1ccccc1)c1ccccc1)P(c1ccccc1)c1ccccc1.[Ni]. The van der Waals surface area contributed by atoms with E-state index in [-0.39, 0.29) is 21.9 Å². The van der Waals surface area contributed by atoms with Crippen LogP contribution in [0.15, 0.2) is 121 Å². The van der Waals surface area contributed by atoms with Gasteiger partial charge in [-0.15, -0.1) is 23.2 Å². The maximum Gasteiger partial charge on any atom is 0.127 e. The second-order valence-corrected chi connectivity index (χ2v) is 14.2. The molecule has 0 aliphatic heterocycles. The monoisotopic (exact) mass is 538 g/mol. The predicted molar refractivity (Wildman–Crippen MR) is 142 cm³/mol. The fraction of sp³-hybridized carbons (Fsp3) is 0.111. The van der Waals surface area contributed by atoms with Crippen molar-refractivity contribution in [3.8, 4) is 0 Å². The molecule has 0 nitrogen and oxygen atoms in total. The number of hydrogen-bond acceptors (Lipinski definition) is 0. The van der Waals surface area contributed by atoms with Crippen LogP contribution >= 0.6 is 39.0 Å². The summed E-state index contributed by atoms with van der Waals surface area (Å²) in [4.78, 5) is 0. The molecule has 0 bridgehead atoms. The van der Waals surface area contributed by atoms with Crippen LogP contribution in [0.2, 0.25) is 0 Å². The largest absolute Gasteiger partial charge is 0.127 e. The average molecular weight is 540 g/mol. The second kappa shape index (κ2) is 11.8. The molecule has 0 amide bonds. The third-order valence-electron chi connectivity index (χ3n) is 5.08. The van der Waals surface area contributed by atoms with Gasteiger partial charge in [0.05, 0.1) is 0 Å². The van der Waals surface area contributed by atoms with Crippen molar-refractivity contribution in [1.82, 2.24) is 0 Å². The molecule has 4 rings (SSSR count). The van der Waals surface area contributed by atoms with Crippen LogP contribution in [0.1, 0.15) is 6.92 Å². The maximum atomic E-state index is 7.09. The van der Waals surface area contributed by atoms with Crippen LogP contribution in [-0.2, 0) is 16.5 Å². The molecule has 5 heteroatoms. The summed E-state index contributed by atoms with van der Waals surface area (Å²) in [6.07, 6.45) is 0. The quantitative estimate of drug-likeness (QED) is 0.138. The zero-order valence-electron chi connectivity index (χ0n) is 17.6. The number of alkyl halides is 2. The van der Waals surface area contributed by atoms with Crippen LogP contribution in [-0.4, -0.2) is 9.73 Å². The Bertz CT molecular complexity index is 910. The fourth-order valence-corrected chi connectivity index (χ4v) is 12.1. The predicted octanol–water partition coefficient (Wildman–Crippen LogP) is 6.77. The topological polar surface area (TPSA) is 0 Å². The molecule has 0 unspecified atom stereocenters. The van der Waals surface area contributed by atoms with E-state index in [1.165, 1.54) is 21.2 Å². The fourth-order valence-electron chi connectivity index (χ4n) is 3.79. The van der Waals surface area contributed by atoms with Crippen LogP contribution in [0.5, 0.6) is 0 Å². The van der Waals surface area contributed by atoms with Gasteiger partial charge in [-0.25, -0.2) is 0 Å². The van der Waals surface area contributed by atoms with Crippen molar-refractivity contribution >= 4 is 60.3 Å². The summed E-state index contributed by atoms with van der Waals surface area (Å²) in [5, 5.41) is 5.19. The Morgan fingerprint density at radius 3 is 0.906 bits per heavy atom. The van der Waals surface area contributed by atoms with E-state index in [2.05, 4.69) is 121 Å². The van der Waals surface area contributed by atoms with Crippen molar-refractivity contribution in [1.29, 1.82) is 0 Å². The van der Waals surface area contributed by atoms with Gasteiger partial charge >= 0.3 is 0 Å². The van der Waals surface area contributed by atoms with E-state index in [1.54, 1.807) is 0 Å². The molecule has 0 aliphatic carbocycles. The Morgan fingerprint density at radius 1 is 0.500 bits per heavy atom. The number of hydrogen-bond donors (Lipinski definition) is 0. The Balaban J connectivity index is 0.00000289. The Morgan fingerprint density at radius 2 is 0.719 bits per heavy atom. The summed E-state index contributed by atoms with van der Waals surface area (Å²) in [5.74, 6) is 0. The van der Waals surface area contributed by atoms with Gasteiger partial charge in [0.25, 0.3) is 0 Å². The third kappa shape index (κ3) is 6.03. The molecule has 0 spiro atoms. The normalized spacial score (nSPS) is 11.6. The summed E-state index contributed by atoms with van der Waals surface area (Å²) in [6, 6.07) is 42.9. The van der Waals surface area contributed by atoms with Crippen LogP contribution < -0.4 is 21.2 Å². The van der Waals surface area contributed by atoms with Gasteiger partial charge in [-0.2, -0.15) is 0 Å². The summed E-state index contributed by atoms with van der Waals surface area (Å²) in [6.45, 7) is 1.96. The van der Waals surface area contributed by atoms with Gasteiger partial charge in [-0.05, 0) is 44.0 Å². The Kier molecular flexibility index (Phi) is 9.37. The number of halogens is 2. The van der Waals surface area contributed by atoms with Crippen molar-refractivity contribution in [3.63, 3.8) is 0 Å². The van der Waals surface area contributed by atoms with Gasteiger partial charge in [0.2, 0.25) is 0 Å². The van der Waals surface area contributed by atoms with E-state index in [1.807, 2.05) is 6.92 Å². The molecule has 0 heterocycles. The summed E-state index contributed by atoms with van der Waals surface area (Å²) in [7, 11) is -1.65. The molecular formula is C27H24Cl2NiP2. The van der Waals surface area contributed by atoms with E-state index in [4.69, 9.17) is 23.2 Å². The molecule has 0 aromatic heterocycles. The molecule has 0 atom stereocenters. The van der Waals surface area contributed by atoms with E-state index >= 15 is 0 Å². The molecule has 4 aromatic rings. The van der Waals surface area contributed by atoms with Crippen LogP contribution in [0, 0.1) is 0 Å². The van der Waals surface area contributed by atoms with Crippen LogP contribution in [0.25, 0.3) is 0 Å². The zero-order chi connectivity index (χ0) is 21.7. The molecule has 0 saturated heterocycles. The van der Waals surface area contributed by atoms with Crippen molar-refractivity contribution in [2.75, 3.05) is 0 Å². The summed E-state index contributed by atoms with van der Waals surface area (Å²) < 4.78 is -0.922. The smallest absolute Gasteiger partial charge is 0.101 e. The minimum atomic E-state index is -0.922. The van der Waals surface area contributed by atoms with Crippen molar-refractivity contribution in [3.05, 3.63) is 121 Å². The summed E-state index contributed by atoms with van der Waals surface area (Å²) >= 11 is 14.2. The Labute approximate surface area is 213 Å². The van der Waals surface area contributed by atoms with E-state index < -0.39 is 20.2 Å². The van der Waals surface area contributed by atoms with Gasteiger partial charge in [0, 0.05) is 21.9 Å². The van der Waals surface area contributed by atoms with Crippen molar-refractivity contribution in [2.24, 2.45) is 0 Å². The van der Waals surface area contributed by atoms with E-state index in [0.29, 0.717) is 0 Å². The second-order valence-electron chi connectivity index (χ2n) is 7.41. The molecule has 166 valence electrons.